The molecular formula is C25H22BrN5O5S. The molecule has 3 aromatic rings. The molecule has 3 heterocycles. The first kappa shape index (κ1) is 24.9. The molecule has 1 saturated heterocycles. The van der Waals surface area contributed by atoms with Crippen LogP contribution in [0.5, 0.6) is 0 Å². The zero-order chi connectivity index (χ0) is 26.2. The highest BCUT2D eigenvalue weighted by molar-refractivity contribution is 9.10. The summed E-state index contributed by atoms with van der Waals surface area (Å²) in [7, 11) is -4.31. The minimum Gasteiger partial charge on any atom is -0.505 e. The van der Waals surface area contributed by atoms with Crippen LogP contribution in [-0.2, 0) is 14.8 Å². The van der Waals surface area contributed by atoms with Crippen molar-refractivity contribution in [3.8, 4) is 0 Å². The van der Waals surface area contributed by atoms with Crippen molar-refractivity contribution < 1.29 is 23.1 Å². The van der Waals surface area contributed by atoms with E-state index < -0.39 is 39.7 Å². The van der Waals surface area contributed by atoms with Gasteiger partial charge in [0, 0.05) is 54.2 Å². The number of Topliss-reactive ketones (excluding diaryl/α,β-unsaturated/α-hetero) is 1. The van der Waals surface area contributed by atoms with Gasteiger partial charge in [0.25, 0.3) is 10.0 Å². The van der Waals surface area contributed by atoms with Gasteiger partial charge >= 0.3 is 0 Å². The summed E-state index contributed by atoms with van der Waals surface area (Å²) in [6.07, 6.45) is 3.28. The molecule has 0 radical (unpaired) electrons. The lowest BCUT2D eigenvalue weighted by Gasteiger charge is -2.37. The van der Waals surface area contributed by atoms with E-state index >= 15 is 0 Å². The van der Waals surface area contributed by atoms with Gasteiger partial charge in [-0.1, -0.05) is 40.2 Å². The van der Waals surface area contributed by atoms with E-state index in [9.17, 15) is 23.1 Å². The van der Waals surface area contributed by atoms with E-state index in [4.69, 9.17) is 0 Å². The Labute approximate surface area is 222 Å². The van der Waals surface area contributed by atoms with Gasteiger partial charge in [0.1, 0.15) is 12.2 Å². The number of fused-ring (bicyclic) bond motifs is 1. The maximum Gasteiger partial charge on any atom is 0.265 e. The number of rotatable bonds is 4. The summed E-state index contributed by atoms with van der Waals surface area (Å²) in [4.78, 5) is 38.5. The number of carbonyl (C=O) groups is 2. The molecule has 0 spiro atoms. The maximum atomic E-state index is 13.6. The molecule has 37 heavy (non-hydrogen) atoms. The maximum absolute atomic E-state index is 13.6. The highest BCUT2D eigenvalue weighted by Gasteiger charge is 2.43. The molecule has 1 N–H and O–H groups in total. The monoisotopic (exact) mass is 583 g/mol. The van der Waals surface area contributed by atoms with Crippen LogP contribution >= 0.6 is 15.9 Å². The first-order valence-electron chi connectivity index (χ1n) is 11.4. The van der Waals surface area contributed by atoms with Crippen LogP contribution in [0, 0.1) is 0 Å². The Kier molecular flexibility index (Phi) is 6.69. The Morgan fingerprint density at radius 2 is 1.59 bits per heavy atom. The number of sulfonamides is 1. The Balaban J connectivity index is 1.47. The van der Waals surface area contributed by atoms with Crippen molar-refractivity contribution in [1.82, 2.24) is 19.2 Å². The molecule has 10 nitrogen and oxygen atoms in total. The number of aromatic nitrogens is 2. The van der Waals surface area contributed by atoms with Crippen LogP contribution in [0.2, 0.25) is 0 Å². The van der Waals surface area contributed by atoms with Crippen molar-refractivity contribution in [3.05, 3.63) is 88.3 Å². The average molecular weight is 584 g/mol. The van der Waals surface area contributed by atoms with E-state index in [0.717, 1.165) is 8.78 Å². The van der Waals surface area contributed by atoms with Gasteiger partial charge in [-0.3, -0.25) is 9.59 Å². The van der Waals surface area contributed by atoms with Gasteiger partial charge < -0.3 is 14.9 Å². The van der Waals surface area contributed by atoms with Crippen molar-refractivity contribution in [2.45, 2.75) is 4.90 Å². The highest BCUT2D eigenvalue weighted by Crippen LogP contribution is 2.35. The van der Waals surface area contributed by atoms with Gasteiger partial charge in [0.05, 0.1) is 4.90 Å². The average Bonchev–Trinajstić information content (AvgIpc) is 2.92. The molecule has 0 bridgehead atoms. The largest absolute Gasteiger partial charge is 0.505 e. The second kappa shape index (κ2) is 9.94. The molecule has 1 aromatic heterocycles. The lowest BCUT2D eigenvalue weighted by Crippen LogP contribution is -2.53. The number of aliphatic hydroxyl groups excluding tert-OH is 1. The summed E-state index contributed by atoms with van der Waals surface area (Å²) in [5.74, 6) is -1.12. The Hall–Kier alpha value is -3.77. The van der Waals surface area contributed by atoms with Gasteiger partial charge in [-0.05, 0) is 30.3 Å². The molecule has 1 fully saturated rings. The first-order valence-corrected chi connectivity index (χ1v) is 13.7. The minimum atomic E-state index is -4.31. The van der Waals surface area contributed by atoms with Crippen molar-refractivity contribution in [3.63, 3.8) is 0 Å². The molecule has 5 rings (SSSR count). The number of aliphatic hydroxyl groups is 1. The van der Waals surface area contributed by atoms with Crippen molar-refractivity contribution in [2.75, 3.05) is 37.6 Å². The van der Waals surface area contributed by atoms with E-state index in [2.05, 4.69) is 25.9 Å². The fraction of sp³-hybridized carbons (Fsp3) is 0.200. The molecule has 0 aliphatic carbocycles. The number of halogens is 1. The number of anilines is 1. The number of hydrogen-bond acceptors (Lipinski definition) is 8. The van der Waals surface area contributed by atoms with Gasteiger partial charge in [-0.25, -0.2) is 22.7 Å². The van der Waals surface area contributed by atoms with Crippen LogP contribution in [0.25, 0.3) is 5.76 Å². The van der Waals surface area contributed by atoms with Crippen LogP contribution in [0.3, 0.4) is 0 Å². The smallest absolute Gasteiger partial charge is 0.265 e. The van der Waals surface area contributed by atoms with Crippen molar-refractivity contribution >= 4 is 49.4 Å². The topological polar surface area (TPSA) is 124 Å². The number of allylic oxidation sites excluding steroid dienone is 1. The zero-order valence-corrected chi connectivity index (χ0v) is 21.9. The van der Waals surface area contributed by atoms with Crippen LogP contribution in [0.1, 0.15) is 15.9 Å². The zero-order valence-electron chi connectivity index (χ0n) is 19.5. The molecular weight excluding hydrogens is 562 g/mol. The predicted molar refractivity (Wildman–Crippen MR) is 139 cm³/mol. The highest BCUT2D eigenvalue weighted by atomic mass is 79.9. The molecule has 1 amide bonds. The van der Waals surface area contributed by atoms with Crippen LogP contribution in [0.15, 0.2) is 82.1 Å². The van der Waals surface area contributed by atoms with E-state index in [1.54, 1.807) is 48.8 Å². The van der Waals surface area contributed by atoms with Gasteiger partial charge in [0.15, 0.2) is 5.76 Å². The summed E-state index contributed by atoms with van der Waals surface area (Å²) in [5, 5.41) is 11.1. The summed E-state index contributed by atoms with van der Waals surface area (Å²) in [6, 6.07) is 13.9. The predicted octanol–water partition coefficient (Wildman–Crippen LogP) is 2.70. The van der Waals surface area contributed by atoms with Crippen molar-refractivity contribution in [1.29, 1.82) is 0 Å². The fourth-order valence-corrected chi connectivity index (χ4v) is 6.21. The molecule has 2 aromatic carbocycles. The van der Waals surface area contributed by atoms with E-state index in [1.165, 1.54) is 23.1 Å². The lowest BCUT2D eigenvalue weighted by molar-refractivity contribution is -0.131. The van der Waals surface area contributed by atoms with E-state index in [-0.39, 0.29) is 16.0 Å². The summed E-state index contributed by atoms with van der Waals surface area (Å²) in [6.45, 7) is 0.967. The van der Waals surface area contributed by atoms with E-state index in [1.807, 2.05) is 4.90 Å². The molecule has 0 atom stereocenters. The summed E-state index contributed by atoms with van der Waals surface area (Å²) in [5.41, 5.74) is -0.262. The van der Waals surface area contributed by atoms with E-state index in [0.29, 0.717) is 32.1 Å². The number of nitrogens with zero attached hydrogens (tertiary/aromatic N) is 5. The molecule has 0 unspecified atom stereocenters. The van der Waals surface area contributed by atoms with Gasteiger partial charge in [-0.2, -0.15) is 0 Å². The number of piperazine rings is 1. The molecule has 12 heteroatoms. The second-order valence-electron chi connectivity index (χ2n) is 8.46. The third-order valence-electron chi connectivity index (χ3n) is 6.25. The Morgan fingerprint density at radius 1 is 0.946 bits per heavy atom. The number of carbonyl (C=O) groups excluding carboxylic acids is 2. The molecule has 190 valence electrons. The lowest BCUT2D eigenvalue weighted by atomic mass is 10.0. The normalized spacial score (nSPS) is 18.4. The third-order valence-corrected chi connectivity index (χ3v) is 8.58. The second-order valence-corrected chi connectivity index (χ2v) is 11.2. The van der Waals surface area contributed by atoms with Gasteiger partial charge in [-0.15, -0.1) is 0 Å². The Bertz CT molecular complexity index is 1490. The fourth-order valence-electron chi connectivity index (χ4n) is 4.33. The van der Waals surface area contributed by atoms with Gasteiger partial charge in [0.2, 0.25) is 17.6 Å². The third kappa shape index (κ3) is 4.69. The van der Waals surface area contributed by atoms with Crippen LogP contribution in [0.4, 0.5) is 5.95 Å². The number of hydrogen-bond donors (Lipinski definition) is 1. The van der Waals surface area contributed by atoms with Crippen LogP contribution in [-0.4, -0.2) is 77.1 Å². The quantitative estimate of drug-likeness (QED) is 0.367. The standard InChI is InChI=1S/C25H22BrN5O5S/c26-18-8-6-17(7-9-18)23(33)22-24(34)19-4-1-2-5-20(19)37(35,36)31(22)16-21(32)29-12-14-30(15-13-29)25-27-10-3-11-28-25/h1-11,33H,12-16H2. The summed E-state index contributed by atoms with van der Waals surface area (Å²) < 4.78 is 28.7. The molecule has 0 saturated carbocycles. The number of benzene rings is 2. The Morgan fingerprint density at radius 3 is 2.27 bits per heavy atom. The minimum absolute atomic E-state index is 0.0543. The number of amides is 1. The molecule has 2 aliphatic heterocycles. The van der Waals surface area contributed by atoms with Crippen molar-refractivity contribution in [2.24, 2.45) is 0 Å². The summed E-state index contributed by atoms with van der Waals surface area (Å²) >= 11 is 3.32. The van der Waals surface area contributed by atoms with Crippen LogP contribution < -0.4 is 4.90 Å². The molecule has 2 aliphatic rings. The number of ketones is 1. The first-order chi connectivity index (χ1) is 17.8. The SMILES string of the molecule is O=C1C(=C(O)c2ccc(Br)cc2)N(CC(=O)N2CCN(c3ncccn3)CC2)S(=O)(=O)c2ccccc21.